The second kappa shape index (κ2) is 7.16. The number of rotatable bonds is 3. The maximum Gasteiger partial charge on any atom is 0.274 e. The monoisotopic (exact) mass is 398 g/mol. The number of carbonyl (C=O) groups excluding carboxylic acids is 2. The van der Waals surface area contributed by atoms with Crippen molar-refractivity contribution in [2.75, 3.05) is 25.1 Å². The number of carbonyl (C=O) groups is 2. The van der Waals surface area contributed by atoms with E-state index >= 15 is 0 Å². The number of aromatic nitrogens is 2. The summed E-state index contributed by atoms with van der Waals surface area (Å²) in [4.78, 5) is 33.3. The standard InChI is InChI=1S/C20H19ClN4O3/c1-13-9-24(12-19(26)25(13)15-4-3-5-16(8-15)28-2)20(27)17-11-23-10-14(21)6-7-18(23)22-17/h3-8,10-11,13H,9,12H2,1-2H3. The van der Waals surface area contributed by atoms with Gasteiger partial charge in [-0.2, -0.15) is 0 Å². The second-order valence-corrected chi connectivity index (χ2v) is 7.18. The van der Waals surface area contributed by atoms with Crippen LogP contribution < -0.4 is 9.64 Å². The van der Waals surface area contributed by atoms with Gasteiger partial charge in [-0.05, 0) is 31.2 Å². The third kappa shape index (κ3) is 3.29. The van der Waals surface area contributed by atoms with Crippen LogP contribution in [-0.2, 0) is 4.79 Å². The fraction of sp³-hybridized carbons (Fsp3) is 0.250. The van der Waals surface area contributed by atoms with E-state index in [1.165, 1.54) is 4.90 Å². The Morgan fingerprint density at radius 3 is 2.82 bits per heavy atom. The van der Waals surface area contributed by atoms with Crippen molar-refractivity contribution >= 4 is 34.7 Å². The molecule has 0 bridgehead atoms. The molecule has 1 saturated heterocycles. The van der Waals surface area contributed by atoms with Crippen LogP contribution in [0.15, 0.2) is 48.8 Å². The van der Waals surface area contributed by atoms with E-state index in [1.54, 1.807) is 40.9 Å². The van der Waals surface area contributed by atoms with Crippen LogP contribution in [0.4, 0.5) is 5.69 Å². The molecule has 0 saturated carbocycles. The smallest absolute Gasteiger partial charge is 0.274 e. The zero-order valence-corrected chi connectivity index (χ0v) is 16.3. The van der Waals surface area contributed by atoms with Gasteiger partial charge in [-0.3, -0.25) is 9.59 Å². The molecule has 3 aromatic rings. The number of hydrogen-bond acceptors (Lipinski definition) is 4. The first-order valence-corrected chi connectivity index (χ1v) is 9.23. The Morgan fingerprint density at radius 1 is 1.25 bits per heavy atom. The number of fused-ring (bicyclic) bond motifs is 1. The molecule has 1 aliphatic rings. The van der Waals surface area contributed by atoms with Gasteiger partial charge in [0.1, 0.15) is 23.6 Å². The molecular weight excluding hydrogens is 380 g/mol. The molecule has 1 atom stereocenters. The molecule has 7 nitrogen and oxygen atoms in total. The molecule has 3 heterocycles. The summed E-state index contributed by atoms with van der Waals surface area (Å²) in [6.45, 7) is 2.33. The van der Waals surface area contributed by atoms with Gasteiger partial charge in [-0.15, -0.1) is 0 Å². The average molecular weight is 399 g/mol. The van der Waals surface area contributed by atoms with E-state index in [4.69, 9.17) is 16.3 Å². The number of ether oxygens (including phenoxy) is 1. The fourth-order valence-corrected chi connectivity index (χ4v) is 3.66. The molecule has 2 aromatic heterocycles. The number of pyridine rings is 1. The molecule has 0 N–H and O–H groups in total. The van der Waals surface area contributed by atoms with Crippen molar-refractivity contribution < 1.29 is 14.3 Å². The van der Waals surface area contributed by atoms with Crippen molar-refractivity contribution in [2.24, 2.45) is 0 Å². The fourth-order valence-electron chi connectivity index (χ4n) is 3.49. The zero-order valence-electron chi connectivity index (χ0n) is 15.5. The van der Waals surface area contributed by atoms with Crippen LogP contribution >= 0.6 is 11.6 Å². The molecular formula is C20H19ClN4O3. The van der Waals surface area contributed by atoms with Crippen LogP contribution in [0.2, 0.25) is 5.02 Å². The molecule has 1 unspecified atom stereocenters. The number of hydrogen-bond donors (Lipinski definition) is 0. The second-order valence-electron chi connectivity index (χ2n) is 6.74. The maximum absolute atomic E-state index is 12.9. The van der Waals surface area contributed by atoms with Crippen LogP contribution in [0.5, 0.6) is 5.75 Å². The van der Waals surface area contributed by atoms with Gasteiger partial charge in [0, 0.05) is 30.7 Å². The summed E-state index contributed by atoms with van der Waals surface area (Å²) in [5, 5.41) is 0.555. The highest BCUT2D eigenvalue weighted by Crippen LogP contribution is 2.26. The number of nitrogens with zero attached hydrogens (tertiary/aromatic N) is 4. The predicted octanol–water partition coefficient (Wildman–Crippen LogP) is 2.87. The molecule has 1 aliphatic heterocycles. The molecule has 28 heavy (non-hydrogen) atoms. The molecule has 0 spiro atoms. The zero-order chi connectivity index (χ0) is 19.8. The predicted molar refractivity (Wildman–Crippen MR) is 106 cm³/mol. The van der Waals surface area contributed by atoms with Crippen LogP contribution in [0, 0.1) is 0 Å². The Labute approximate surface area is 167 Å². The Morgan fingerprint density at radius 2 is 2.07 bits per heavy atom. The van der Waals surface area contributed by atoms with E-state index in [2.05, 4.69) is 4.98 Å². The van der Waals surface area contributed by atoms with Gasteiger partial charge in [0.2, 0.25) is 5.91 Å². The summed E-state index contributed by atoms with van der Waals surface area (Å²) in [6, 6.07) is 10.6. The summed E-state index contributed by atoms with van der Waals surface area (Å²) in [5.41, 5.74) is 1.67. The van der Waals surface area contributed by atoms with E-state index in [9.17, 15) is 9.59 Å². The lowest BCUT2D eigenvalue weighted by Gasteiger charge is -2.39. The molecule has 0 radical (unpaired) electrons. The van der Waals surface area contributed by atoms with Gasteiger partial charge >= 0.3 is 0 Å². The summed E-state index contributed by atoms with van der Waals surface area (Å²) in [6.07, 6.45) is 3.32. The van der Waals surface area contributed by atoms with Crippen molar-refractivity contribution in [1.29, 1.82) is 0 Å². The minimum absolute atomic E-state index is 0.00495. The van der Waals surface area contributed by atoms with E-state index in [0.29, 0.717) is 23.0 Å². The number of anilines is 1. The summed E-state index contributed by atoms with van der Waals surface area (Å²) >= 11 is 5.99. The molecule has 1 aromatic carbocycles. The van der Waals surface area contributed by atoms with Gasteiger partial charge in [0.25, 0.3) is 5.91 Å². The first-order valence-electron chi connectivity index (χ1n) is 8.86. The number of imidazole rings is 1. The third-order valence-electron chi connectivity index (χ3n) is 4.77. The van der Waals surface area contributed by atoms with E-state index in [1.807, 2.05) is 31.2 Å². The number of benzene rings is 1. The van der Waals surface area contributed by atoms with E-state index in [0.717, 1.165) is 5.69 Å². The van der Waals surface area contributed by atoms with Crippen molar-refractivity contribution in [2.45, 2.75) is 13.0 Å². The van der Waals surface area contributed by atoms with E-state index in [-0.39, 0.29) is 30.1 Å². The Kier molecular flexibility index (Phi) is 4.68. The molecule has 144 valence electrons. The minimum Gasteiger partial charge on any atom is -0.497 e. The van der Waals surface area contributed by atoms with Crippen molar-refractivity contribution in [1.82, 2.24) is 14.3 Å². The first-order chi connectivity index (χ1) is 13.5. The Bertz CT molecular complexity index is 1060. The van der Waals surface area contributed by atoms with Crippen molar-refractivity contribution in [3.63, 3.8) is 0 Å². The molecule has 4 rings (SSSR count). The highest BCUT2D eigenvalue weighted by Gasteiger charge is 2.34. The van der Waals surface area contributed by atoms with Gasteiger partial charge < -0.3 is 18.9 Å². The molecule has 2 amide bonds. The average Bonchev–Trinajstić information content (AvgIpc) is 3.10. The maximum atomic E-state index is 12.9. The normalized spacial score (nSPS) is 17.2. The van der Waals surface area contributed by atoms with Crippen LogP contribution in [0.1, 0.15) is 17.4 Å². The summed E-state index contributed by atoms with van der Waals surface area (Å²) in [5.74, 6) is 0.261. The van der Waals surface area contributed by atoms with Crippen molar-refractivity contribution in [3.05, 3.63) is 59.5 Å². The number of piperazine rings is 1. The van der Waals surface area contributed by atoms with Crippen LogP contribution in [0.25, 0.3) is 5.65 Å². The lowest BCUT2D eigenvalue weighted by molar-refractivity contribution is -0.121. The SMILES string of the molecule is COc1cccc(N2C(=O)CN(C(=O)c3cn4cc(Cl)ccc4n3)CC2C)c1. The van der Waals surface area contributed by atoms with Gasteiger partial charge in [0.05, 0.1) is 18.2 Å². The van der Waals surface area contributed by atoms with Gasteiger partial charge in [-0.1, -0.05) is 17.7 Å². The lowest BCUT2D eigenvalue weighted by Crippen LogP contribution is -2.57. The molecule has 1 fully saturated rings. The van der Waals surface area contributed by atoms with Gasteiger partial charge in [-0.25, -0.2) is 4.98 Å². The van der Waals surface area contributed by atoms with Crippen molar-refractivity contribution in [3.8, 4) is 5.75 Å². The Hall–Kier alpha value is -3.06. The largest absolute Gasteiger partial charge is 0.497 e. The lowest BCUT2D eigenvalue weighted by atomic mass is 10.1. The topological polar surface area (TPSA) is 67.2 Å². The summed E-state index contributed by atoms with van der Waals surface area (Å²) < 4.78 is 6.95. The highest BCUT2D eigenvalue weighted by molar-refractivity contribution is 6.30. The van der Waals surface area contributed by atoms with Crippen LogP contribution in [0.3, 0.4) is 0 Å². The quantitative estimate of drug-likeness (QED) is 0.680. The molecule has 8 heteroatoms. The first kappa shape index (κ1) is 18.3. The number of amides is 2. The van der Waals surface area contributed by atoms with E-state index < -0.39 is 0 Å². The minimum atomic E-state index is -0.273. The van der Waals surface area contributed by atoms with Gasteiger partial charge in [0.15, 0.2) is 0 Å². The number of halogens is 1. The molecule has 0 aliphatic carbocycles. The Balaban J connectivity index is 1.56. The third-order valence-corrected chi connectivity index (χ3v) is 5.00. The summed E-state index contributed by atoms with van der Waals surface area (Å²) in [7, 11) is 1.59. The number of methoxy groups -OCH3 is 1. The van der Waals surface area contributed by atoms with Crippen LogP contribution in [-0.4, -0.2) is 52.3 Å². The highest BCUT2D eigenvalue weighted by atomic mass is 35.5.